The highest BCUT2D eigenvalue weighted by Gasteiger charge is 2.29. The topological polar surface area (TPSA) is 57.6 Å². The number of benzene rings is 1. The Morgan fingerprint density at radius 3 is 2.83 bits per heavy atom. The van der Waals surface area contributed by atoms with Crippen LogP contribution in [-0.2, 0) is 16.0 Å². The largest absolute Gasteiger partial charge is 0.481 e. The summed E-state index contributed by atoms with van der Waals surface area (Å²) < 4.78 is 0. The van der Waals surface area contributed by atoms with Crippen molar-refractivity contribution in [2.45, 2.75) is 23.0 Å². The van der Waals surface area contributed by atoms with E-state index in [1.807, 2.05) is 24.3 Å². The van der Waals surface area contributed by atoms with E-state index in [1.165, 1.54) is 10.5 Å². The molecule has 5 heteroatoms. The van der Waals surface area contributed by atoms with Crippen LogP contribution >= 0.6 is 11.8 Å². The number of fused-ring (bicyclic) bond motifs is 1. The molecular formula is C13H15NO3S. The molecule has 1 amide bonds. The van der Waals surface area contributed by atoms with Crippen molar-refractivity contribution in [3.8, 4) is 0 Å². The molecule has 0 fully saturated rings. The molecule has 0 radical (unpaired) electrons. The lowest BCUT2D eigenvalue weighted by molar-refractivity contribution is -0.138. The zero-order valence-corrected chi connectivity index (χ0v) is 10.9. The molecule has 1 heterocycles. The van der Waals surface area contributed by atoms with Gasteiger partial charge in [-0.25, -0.2) is 0 Å². The van der Waals surface area contributed by atoms with Crippen LogP contribution in [0.4, 0.5) is 0 Å². The van der Waals surface area contributed by atoms with Crippen LogP contribution in [0.1, 0.15) is 12.0 Å². The Morgan fingerprint density at radius 2 is 2.17 bits per heavy atom. The molecule has 1 unspecified atom stereocenters. The van der Waals surface area contributed by atoms with Gasteiger partial charge in [0.15, 0.2) is 0 Å². The summed E-state index contributed by atoms with van der Waals surface area (Å²) in [5.41, 5.74) is 1.20. The maximum absolute atomic E-state index is 12.1. The highest BCUT2D eigenvalue weighted by molar-refractivity contribution is 8.01. The summed E-state index contributed by atoms with van der Waals surface area (Å²) in [6.45, 7) is 0.265. The zero-order valence-electron chi connectivity index (χ0n) is 10.1. The van der Waals surface area contributed by atoms with Crippen LogP contribution in [0.5, 0.6) is 0 Å². The number of carboxylic acids is 1. The van der Waals surface area contributed by atoms with Crippen molar-refractivity contribution in [1.29, 1.82) is 0 Å². The third-order valence-corrected chi connectivity index (χ3v) is 4.26. The summed E-state index contributed by atoms with van der Waals surface area (Å²) in [6, 6.07) is 7.99. The number of carbonyl (C=O) groups excluding carboxylic acids is 1. The molecule has 0 aliphatic carbocycles. The first-order valence-electron chi connectivity index (χ1n) is 5.79. The van der Waals surface area contributed by atoms with Crippen LogP contribution in [0, 0.1) is 0 Å². The number of amides is 1. The van der Waals surface area contributed by atoms with Gasteiger partial charge in [-0.05, 0) is 18.1 Å². The van der Waals surface area contributed by atoms with Gasteiger partial charge in [-0.3, -0.25) is 9.59 Å². The van der Waals surface area contributed by atoms with Crippen molar-refractivity contribution in [1.82, 2.24) is 4.90 Å². The molecule has 1 aromatic carbocycles. The molecular weight excluding hydrogens is 250 g/mol. The fourth-order valence-corrected chi connectivity index (χ4v) is 3.25. The third-order valence-electron chi connectivity index (χ3n) is 2.96. The number of carboxylic acid groups (broad SMARTS) is 1. The Bertz CT molecular complexity index is 450. The van der Waals surface area contributed by atoms with Crippen molar-refractivity contribution >= 4 is 23.6 Å². The minimum Gasteiger partial charge on any atom is -0.481 e. The summed E-state index contributed by atoms with van der Waals surface area (Å²) in [5.74, 6) is -0.866. The number of rotatable bonds is 4. The van der Waals surface area contributed by atoms with Gasteiger partial charge >= 0.3 is 5.97 Å². The fourth-order valence-electron chi connectivity index (χ4n) is 1.94. The molecule has 96 valence electrons. The summed E-state index contributed by atoms with van der Waals surface area (Å²) in [6.07, 6.45) is 0.726. The normalized spacial score (nSPS) is 17.3. The quantitative estimate of drug-likeness (QED) is 0.899. The van der Waals surface area contributed by atoms with E-state index >= 15 is 0 Å². The second-order valence-corrected chi connectivity index (χ2v) is 5.57. The average molecular weight is 265 g/mol. The van der Waals surface area contributed by atoms with Gasteiger partial charge in [0.05, 0.1) is 11.7 Å². The van der Waals surface area contributed by atoms with Crippen molar-refractivity contribution in [2.75, 3.05) is 13.6 Å². The lowest BCUT2D eigenvalue weighted by Gasteiger charge is -2.19. The maximum atomic E-state index is 12.1. The Hall–Kier alpha value is -1.49. The molecule has 4 nitrogen and oxygen atoms in total. The molecule has 1 aromatic rings. The second kappa shape index (κ2) is 5.44. The van der Waals surface area contributed by atoms with Gasteiger partial charge in [-0.15, -0.1) is 11.8 Å². The van der Waals surface area contributed by atoms with E-state index in [9.17, 15) is 9.59 Å². The highest BCUT2D eigenvalue weighted by atomic mass is 32.2. The minimum atomic E-state index is -0.878. The summed E-state index contributed by atoms with van der Waals surface area (Å²) in [4.78, 5) is 25.3. The minimum absolute atomic E-state index is 0.00737. The van der Waals surface area contributed by atoms with E-state index in [1.54, 1.807) is 18.8 Å². The van der Waals surface area contributed by atoms with Crippen LogP contribution in [-0.4, -0.2) is 40.7 Å². The Kier molecular flexibility index (Phi) is 3.91. The first kappa shape index (κ1) is 13.0. The molecule has 0 saturated heterocycles. The first-order valence-corrected chi connectivity index (χ1v) is 6.67. The lowest BCUT2D eigenvalue weighted by atomic mass is 10.1. The summed E-state index contributed by atoms with van der Waals surface area (Å²) in [5, 5.41) is 8.50. The van der Waals surface area contributed by atoms with Gasteiger partial charge < -0.3 is 10.0 Å². The Balaban J connectivity index is 1.94. The van der Waals surface area contributed by atoms with Gasteiger partial charge in [0, 0.05) is 18.5 Å². The molecule has 1 aliphatic rings. The number of aliphatic carboxylic acids is 1. The van der Waals surface area contributed by atoms with Crippen LogP contribution in [0.25, 0.3) is 0 Å². The average Bonchev–Trinajstić information content (AvgIpc) is 2.78. The van der Waals surface area contributed by atoms with Gasteiger partial charge in [0.1, 0.15) is 0 Å². The SMILES string of the molecule is CN(CCC(=O)O)C(=O)C1Cc2ccccc2S1. The Morgan fingerprint density at radius 1 is 1.44 bits per heavy atom. The van der Waals surface area contributed by atoms with Crippen molar-refractivity contribution in [3.05, 3.63) is 29.8 Å². The standard InChI is InChI=1S/C13H15NO3S/c1-14(7-6-12(15)16)13(17)11-8-9-4-2-3-5-10(9)18-11/h2-5,11H,6-8H2,1H3,(H,15,16). The number of hydrogen-bond donors (Lipinski definition) is 1. The van der Waals surface area contributed by atoms with Crippen LogP contribution < -0.4 is 0 Å². The predicted octanol–water partition coefficient (Wildman–Crippen LogP) is 1.64. The molecule has 0 bridgehead atoms. The van der Waals surface area contributed by atoms with E-state index in [0.717, 1.165) is 11.3 Å². The van der Waals surface area contributed by atoms with Gasteiger partial charge in [0.2, 0.25) is 5.91 Å². The fraction of sp³-hybridized carbons (Fsp3) is 0.385. The number of thioether (sulfide) groups is 1. The molecule has 1 N–H and O–H groups in total. The lowest BCUT2D eigenvalue weighted by Crippen LogP contribution is -2.35. The molecule has 0 saturated carbocycles. The molecule has 2 rings (SSSR count). The predicted molar refractivity (Wildman–Crippen MR) is 69.7 cm³/mol. The van der Waals surface area contributed by atoms with E-state index < -0.39 is 5.97 Å². The first-order chi connectivity index (χ1) is 8.58. The van der Waals surface area contributed by atoms with Crippen molar-refractivity contribution in [2.24, 2.45) is 0 Å². The molecule has 1 aliphatic heterocycles. The van der Waals surface area contributed by atoms with E-state index in [-0.39, 0.29) is 24.1 Å². The van der Waals surface area contributed by atoms with Gasteiger partial charge in [-0.1, -0.05) is 18.2 Å². The van der Waals surface area contributed by atoms with E-state index in [0.29, 0.717) is 0 Å². The number of nitrogens with zero attached hydrogens (tertiary/aromatic N) is 1. The number of hydrogen-bond acceptors (Lipinski definition) is 3. The highest BCUT2D eigenvalue weighted by Crippen LogP contribution is 2.37. The van der Waals surface area contributed by atoms with Crippen molar-refractivity contribution in [3.63, 3.8) is 0 Å². The molecule has 0 aromatic heterocycles. The zero-order chi connectivity index (χ0) is 13.1. The Labute approximate surface area is 110 Å². The van der Waals surface area contributed by atoms with Crippen LogP contribution in [0.3, 0.4) is 0 Å². The second-order valence-electron chi connectivity index (χ2n) is 4.32. The molecule has 18 heavy (non-hydrogen) atoms. The van der Waals surface area contributed by atoms with Gasteiger partial charge in [-0.2, -0.15) is 0 Å². The summed E-state index contributed by atoms with van der Waals surface area (Å²) in [7, 11) is 1.66. The monoisotopic (exact) mass is 265 g/mol. The van der Waals surface area contributed by atoms with E-state index in [4.69, 9.17) is 5.11 Å². The van der Waals surface area contributed by atoms with E-state index in [2.05, 4.69) is 0 Å². The smallest absolute Gasteiger partial charge is 0.305 e. The van der Waals surface area contributed by atoms with Crippen LogP contribution in [0.2, 0.25) is 0 Å². The maximum Gasteiger partial charge on any atom is 0.305 e. The van der Waals surface area contributed by atoms with Crippen molar-refractivity contribution < 1.29 is 14.7 Å². The third kappa shape index (κ3) is 2.85. The summed E-state index contributed by atoms with van der Waals surface area (Å²) >= 11 is 1.57. The molecule has 0 spiro atoms. The molecule has 1 atom stereocenters. The number of carbonyl (C=O) groups is 2. The van der Waals surface area contributed by atoms with Gasteiger partial charge in [0.25, 0.3) is 0 Å². The van der Waals surface area contributed by atoms with Crippen LogP contribution in [0.15, 0.2) is 29.2 Å².